The molecule has 3 rings (SSSR count). The fourth-order valence-corrected chi connectivity index (χ4v) is 4.57. The molecule has 2 unspecified atom stereocenters. The second-order valence-corrected chi connectivity index (χ2v) is 7.33. The van der Waals surface area contributed by atoms with Gasteiger partial charge in [-0.2, -0.15) is 0 Å². The highest BCUT2D eigenvalue weighted by molar-refractivity contribution is 5.80. The number of hydrogen-bond donors (Lipinski definition) is 1. The minimum Gasteiger partial charge on any atom is -0.378 e. The summed E-state index contributed by atoms with van der Waals surface area (Å²) in [4.78, 5) is 6.74. The molecule has 1 N–H and O–H groups in total. The molecule has 0 amide bonds. The van der Waals surface area contributed by atoms with E-state index >= 15 is 0 Å². The summed E-state index contributed by atoms with van der Waals surface area (Å²) in [6.45, 7) is 3.79. The molecule has 1 heterocycles. The lowest BCUT2D eigenvalue weighted by Gasteiger charge is -2.54. The summed E-state index contributed by atoms with van der Waals surface area (Å²) in [6.07, 6.45) is 8.86. The van der Waals surface area contributed by atoms with Crippen molar-refractivity contribution in [3.63, 3.8) is 0 Å². The zero-order chi connectivity index (χ0) is 17.2. The van der Waals surface area contributed by atoms with Crippen molar-refractivity contribution >= 4 is 5.96 Å². The molecular formula is C19H32N4O. The van der Waals surface area contributed by atoms with Gasteiger partial charge < -0.3 is 19.5 Å². The maximum Gasteiger partial charge on any atom is 0.193 e. The molecular weight excluding hydrogens is 300 g/mol. The van der Waals surface area contributed by atoms with Crippen molar-refractivity contribution in [1.82, 2.24) is 14.8 Å². The summed E-state index contributed by atoms with van der Waals surface area (Å²) >= 11 is 0. The third kappa shape index (κ3) is 3.06. The van der Waals surface area contributed by atoms with Crippen molar-refractivity contribution in [2.75, 3.05) is 20.7 Å². The van der Waals surface area contributed by atoms with Crippen molar-refractivity contribution in [3.05, 3.63) is 24.0 Å². The van der Waals surface area contributed by atoms with Crippen molar-refractivity contribution < 1.29 is 4.74 Å². The number of rotatable bonds is 5. The number of guanidine groups is 1. The van der Waals surface area contributed by atoms with Crippen LogP contribution in [0.3, 0.4) is 0 Å². The van der Waals surface area contributed by atoms with Crippen LogP contribution in [-0.2, 0) is 18.3 Å². The molecule has 2 aliphatic carbocycles. The first-order chi connectivity index (χ1) is 11.6. The average Bonchev–Trinajstić information content (AvgIpc) is 3.22. The van der Waals surface area contributed by atoms with E-state index in [4.69, 9.17) is 4.74 Å². The Morgan fingerprint density at radius 1 is 1.46 bits per heavy atom. The van der Waals surface area contributed by atoms with Gasteiger partial charge in [0.15, 0.2) is 5.96 Å². The fourth-order valence-electron chi connectivity index (χ4n) is 4.57. The van der Waals surface area contributed by atoms with Crippen LogP contribution in [0.25, 0.3) is 0 Å². The largest absolute Gasteiger partial charge is 0.378 e. The predicted molar refractivity (Wildman–Crippen MR) is 98.1 cm³/mol. The number of nitrogens with zero attached hydrogens (tertiary/aromatic N) is 3. The van der Waals surface area contributed by atoms with E-state index in [1.807, 2.05) is 7.05 Å². The highest BCUT2D eigenvalue weighted by Crippen LogP contribution is 2.54. The summed E-state index contributed by atoms with van der Waals surface area (Å²) in [5, 5.41) is 3.74. The molecule has 0 saturated heterocycles. The number of hydrogen-bond acceptors (Lipinski definition) is 2. The van der Waals surface area contributed by atoms with E-state index in [1.54, 1.807) is 0 Å². The summed E-state index contributed by atoms with van der Waals surface area (Å²) in [6, 6.07) is 4.74. The van der Waals surface area contributed by atoms with Gasteiger partial charge in [0.2, 0.25) is 0 Å². The molecule has 0 bridgehead atoms. The number of aliphatic imine (C=N–C) groups is 1. The first-order valence-electron chi connectivity index (χ1n) is 9.27. The van der Waals surface area contributed by atoms with Crippen molar-refractivity contribution in [3.8, 4) is 0 Å². The van der Waals surface area contributed by atoms with Gasteiger partial charge in [0.05, 0.1) is 12.6 Å². The lowest BCUT2D eigenvalue weighted by Crippen LogP contribution is -2.65. The van der Waals surface area contributed by atoms with Crippen LogP contribution in [0.1, 0.15) is 44.7 Å². The van der Waals surface area contributed by atoms with Crippen LogP contribution in [-0.4, -0.2) is 48.3 Å². The Labute approximate surface area is 146 Å². The van der Waals surface area contributed by atoms with E-state index in [9.17, 15) is 0 Å². The van der Waals surface area contributed by atoms with Gasteiger partial charge in [0.1, 0.15) is 0 Å². The molecule has 2 fully saturated rings. The van der Waals surface area contributed by atoms with Crippen LogP contribution in [0.5, 0.6) is 0 Å². The smallest absolute Gasteiger partial charge is 0.193 e. The topological polar surface area (TPSA) is 41.8 Å². The number of ether oxygens (including phenoxy) is 1. The van der Waals surface area contributed by atoms with Crippen LogP contribution in [0, 0.1) is 5.41 Å². The van der Waals surface area contributed by atoms with Crippen LogP contribution < -0.4 is 5.32 Å². The molecule has 2 aliphatic rings. The van der Waals surface area contributed by atoms with Crippen LogP contribution in [0.2, 0.25) is 0 Å². The lowest BCUT2D eigenvalue weighted by atomic mass is 9.60. The van der Waals surface area contributed by atoms with Gasteiger partial charge in [-0.1, -0.05) is 12.8 Å². The highest BCUT2D eigenvalue weighted by atomic mass is 16.5. The van der Waals surface area contributed by atoms with Gasteiger partial charge in [-0.3, -0.25) is 4.99 Å². The Balaban J connectivity index is 1.64. The molecule has 2 saturated carbocycles. The van der Waals surface area contributed by atoms with E-state index in [0.29, 0.717) is 17.6 Å². The molecule has 0 aliphatic heterocycles. The third-order valence-electron chi connectivity index (χ3n) is 6.01. The zero-order valence-electron chi connectivity index (χ0n) is 15.6. The normalized spacial score (nSPS) is 25.8. The molecule has 24 heavy (non-hydrogen) atoms. The standard InChI is InChI=1S/C19H32N4O/c1-5-24-17-13-16(19(17)10-6-7-11-19)21-18(20-2)23(4)14-15-9-8-12-22(15)3/h8-9,12,16-17H,5-7,10-11,13-14H2,1-4H3,(H,20,21). The first-order valence-corrected chi connectivity index (χ1v) is 9.27. The van der Waals surface area contributed by atoms with Gasteiger partial charge in [-0.15, -0.1) is 0 Å². The lowest BCUT2D eigenvalue weighted by molar-refractivity contribution is -0.126. The summed E-state index contributed by atoms with van der Waals surface area (Å²) in [5.74, 6) is 0.988. The number of aryl methyl sites for hydroxylation is 1. The van der Waals surface area contributed by atoms with E-state index < -0.39 is 0 Å². The average molecular weight is 332 g/mol. The maximum absolute atomic E-state index is 6.03. The molecule has 0 radical (unpaired) electrons. The highest BCUT2D eigenvalue weighted by Gasteiger charge is 2.57. The minimum atomic E-state index is 0.331. The molecule has 134 valence electrons. The zero-order valence-corrected chi connectivity index (χ0v) is 15.6. The quantitative estimate of drug-likeness (QED) is 0.666. The monoisotopic (exact) mass is 332 g/mol. The Morgan fingerprint density at radius 3 is 2.79 bits per heavy atom. The van der Waals surface area contributed by atoms with Crippen molar-refractivity contribution in [1.29, 1.82) is 0 Å². The van der Waals surface area contributed by atoms with E-state index in [1.165, 1.54) is 31.4 Å². The number of aromatic nitrogens is 1. The van der Waals surface area contributed by atoms with Crippen molar-refractivity contribution in [2.24, 2.45) is 17.5 Å². The van der Waals surface area contributed by atoms with Gasteiger partial charge in [0, 0.05) is 51.1 Å². The third-order valence-corrected chi connectivity index (χ3v) is 6.01. The Bertz CT molecular complexity index is 574. The Kier molecular flexibility index (Phi) is 5.18. The molecule has 1 aromatic rings. The predicted octanol–water partition coefficient (Wildman–Crippen LogP) is 2.77. The first kappa shape index (κ1) is 17.3. The summed E-state index contributed by atoms with van der Waals surface area (Å²) in [5.41, 5.74) is 1.62. The molecule has 2 atom stereocenters. The molecule has 5 nitrogen and oxygen atoms in total. The molecule has 1 aromatic heterocycles. The summed E-state index contributed by atoms with van der Waals surface area (Å²) in [7, 11) is 6.08. The maximum atomic E-state index is 6.03. The van der Waals surface area contributed by atoms with Gasteiger partial charge in [0.25, 0.3) is 0 Å². The minimum absolute atomic E-state index is 0.331. The van der Waals surface area contributed by atoms with E-state index in [0.717, 1.165) is 25.5 Å². The summed E-state index contributed by atoms with van der Waals surface area (Å²) < 4.78 is 8.19. The second-order valence-electron chi connectivity index (χ2n) is 7.33. The van der Waals surface area contributed by atoms with E-state index in [2.05, 4.69) is 59.1 Å². The Hall–Kier alpha value is -1.49. The van der Waals surface area contributed by atoms with Gasteiger partial charge in [-0.05, 0) is 38.3 Å². The van der Waals surface area contributed by atoms with Crippen LogP contribution in [0.4, 0.5) is 0 Å². The number of nitrogens with one attached hydrogen (secondary N) is 1. The van der Waals surface area contributed by atoms with Gasteiger partial charge >= 0.3 is 0 Å². The second kappa shape index (κ2) is 7.18. The van der Waals surface area contributed by atoms with E-state index in [-0.39, 0.29) is 0 Å². The molecule has 0 aromatic carbocycles. The SMILES string of the molecule is CCOC1CC(NC(=NC)N(C)Cc2cccn2C)C12CCCC2. The van der Waals surface area contributed by atoms with Crippen LogP contribution >= 0.6 is 0 Å². The molecule has 1 spiro atoms. The fraction of sp³-hybridized carbons (Fsp3) is 0.737. The van der Waals surface area contributed by atoms with Gasteiger partial charge in [-0.25, -0.2) is 0 Å². The molecule has 5 heteroatoms. The van der Waals surface area contributed by atoms with Crippen molar-refractivity contribution in [2.45, 2.75) is 57.7 Å². The van der Waals surface area contributed by atoms with Crippen LogP contribution in [0.15, 0.2) is 23.3 Å². The Morgan fingerprint density at radius 2 is 2.21 bits per heavy atom.